The summed E-state index contributed by atoms with van der Waals surface area (Å²) in [5.41, 5.74) is 8.79. The second kappa shape index (κ2) is 14.8. The molecule has 2 aromatic rings. The Bertz CT molecular complexity index is 681. The van der Waals surface area contributed by atoms with Gasteiger partial charge < -0.3 is 15.3 Å². The van der Waals surface area contributed by atoms with Crippen LogP contribution in [0.25, 0.3) is 0 Å². The van der Waals surface area contributed by atoms with Gasteiger partial charge in [-0.05, 0) is 42.7 Å². The maximum atomic E-state index is 11.0. The van der Waals surface area contributed by atoms with E-state index >= 15 is 0 Å². The fourth-order valence-electron chi connectivity index (χ4n) is 2.29. The van der Waals surface area contributed by atoms with E-state index in [4.69, 9.17) is 15.7 Å². The third-order valence-corrected chi connectivity index (χ3v) is 4.37. The SMILES string of the molecule is Nc1ccccc1.O=CC(CCCCCC(=O)NO)OCc1ccc(Br)cc1. The van der Waals surface area contributed by atoms with Crippen LogP contribution in [0, 0.1) is 0 Å². The highest BCUT2D eigenvalue weighted by atomic mass is 79.9. The van der Waals surface area contributed by atoms with Crippen LogP contribution in [0.5, 0.6) is 0 Å². The first-order chi connectivity index (χ1) is 13.5. The van der Waals surface area contributed by atoms with Crippen molar-refractivity contribution >= 4 is 33.8 Å². The van der Waals surface area contributed by atoms with Crippen molar-refractivity contribution in [3.05, 3.63) is 64.6 Å². The second-order valence-electron chi connectivity index (χ2n) is 6.16. The fraction of sp³-hybridized carbons (Fsp3) is 0.333. The van der Waals surface area contributed by atoms with E-state index in [0.29, 0.717) is 25.9 Å². The molecule has 0 saturated heterocycles. The summed E-state index contributed by atoms with van der Waals surface area (Å²) in [5, 5.41) is 8.34. The van der Waals surface area contributed by atoms with Gasteiger partial charge in [-0.1, -0.05) is 59.1 Å². The number of aldehydes is 1. The minimum Gasteiger partial charge on any atom is -0.399 e. The van der Waals surface area contributed by atoms with Gasteiger partial charge in [0, 0.05) is 16.6 Å². The summed E-state index contributed by atoms with van der Waals surface area (Å²) in [6.07, 6.45) is 3.65. The van der Waals surface area contributed by atoms with Crippen LogP contribution in [0.15, 0.2) is 59.1 Å². The highest BCUT2D eigenvalue weighted by Gasteiger charge is 2.08. The number of carbonyl (C=O) groups is 2. The largest absolute Gasteiger partial charge is 0.399 e. The standard InChI is InChI=1S/C15H20BrNO4.C6H7N/c16-13-8-6-12(7-9-13)11-21-14(10-18)4-2-1-3-5-15(19)17-20;7-6-4-2-1-3-5-6/h6-10,14,20H,1-5,11H2,(H,17,19);1-5H,7H2. The smallest absolute Gasteiger partial charge is 0.243 e. The van der Waals surface area contributed by atoms with E-state index in [0.717, 1.165) is 34.9 Å². The monoisotopic (exact) mass is 450 g/mol. The molecule has 0 radical (unpaired) electrons. The van der Waals surface area contributed by atoms with Crippen molar-refractivity contribution in [1.82, 2.24) is 5.48 Å². The van der Waals surface area contributed by atoms with Crippen molar-refractivity contribution in [2.24, 2.45) is 0 Å². The lowest BCUT2D eigenvalue weighted by Gasteiger charge is -2.12. The Hall–Kier alpha value is -2.22. The predicted octanol–water partition coefficient (Wildman–Crippen LogP) is 4.26. The van der Waals surface area contributed by atoms with Crippen molar-refractivity contribution in [1.29, 1.82) is 0 Å². The van der Waals surface area contributed by atoms with Gasteiger partial charge in [0.1, 0.15) is 12.4 Å². The number of halogens is 1. The summed E-state index contributed by atoms with van der Waals surface area (Å²) in [4.78, 5) is 21.8. The van der Waals surface area contributed by atoms with E-state index in [1.807, 2.05) is 54.6 Å². The number of para-hydroxylation sites is 1. The molecule has 152 valence electrons. The number of nitrogens with one attached hydrogen (secondary N) is 1. The van der Waals surface area contributed by atoms with Crippen molar-refractivity contribution in [2.45, 2.75) is 44.8 Å². The van der Waals surface area contributed by atoms with Gasteiger partial charge in [-0.3, -0.25) is 10.0 Å². The number of ether oxygens (including phenoxy) is 1. The Morgan fingerprint density at radius 2 is 1.79 bits per heavy atom. The van der Waals surface area contributed by atoms with Crippen LogP contribution in [0.3, 0.4) is 0 Å². The highest BCUT2D eigenvalue weighted by Crippen LogP contribution is 2.13. The predicted molar refractivity (Wildman–Crippen MR) is 113 cm³/mol. The molecule has 0 aromatic heterocycles. The summed E-state index contributed by atoms with van der Waals surface area (Å²) in [7, 11) is 0. The van der Waals surface area contributed by atoms with Crippen LogP contribution in [0.4, 0.5) is 5.69 Å². The molecule has 1 atom stereocenters. The molecule has 1 unspecified atom stereocenters. The minimum absolute atomic E-state index is 0.294. The average molecular weight is 451 g/mol. The molecule has 0 spiro atoms. The number of hydrogen-bond donors (Lipinski definition) is 3. The first-order valence-corrected chi connectivity index (χ1v) is 9.89. The number of benzene rings is 2. The summed E-state index contributed by atoms with van der Waals surface area (Å²) in [5.74, 6) is -0.381. The van der Waals surface area contributed by atoms with E-state index < -0.39 is 6.10 Å². The number of unbranched alkanes of at least 4 members (excludes halogenated alkanes) is 2. The molecule has 6 nitrogen and oxygen atoms in total. The molecule has 2 rings (SSSR count). The molecule has 0 fully saturated rings. The molecule has 0 saturated carbocycles. The summed E-state index contributed by atoms with van der Waals surface area (Å²) >= 11 is 3.36. The topological polar surface area (TPSA) is 102 Å². The molecular formula is C21H27BrN2O4. The number of nitrogen functional groups attached to an aromatic ring is 1. The Kier molecular flexibility index (Phi) is 12.6. The molecule has 0 aliphatic rings. The highest BCUT2D eigenvalue weighted by molar-refractivity contribution is 9.10. The van der Waals surface area contributed by atoms with E-state index in [2.05, 4.69) is 15.9 Å². The molecule has 7 heteroatoms. The second-order valence-corrected chi connectivity index (χ2v) is 7.07. The zero-order chi connectivity index (χ0) is 20.6. The van der Waals surface area contributed by atoms with E-state index in [9.17, 15) is 9.59 Å². The summed E-state index contributed by atoms with van der Waals surface area (Å²) in [6, 6.07) is 17.2. The Morgan fingerprint density at radius 1 is 1.11 bits per heavy atom. The van der Waals surface area contributed by atoms with Crippen LogP contribution in [-0.2, 0) is 20.9 Å². The molecule has 0 heterocycles. The number of rotatable bonds is 10. The van der Waals surface area contributed by atoms with Gasteiger partial charge in [0.15, 0.2) is 0 Å². The van der Waals surface area contributed by atoms with Crippen molar-refractivity contribution in [3.63, 3.8) is 0 Å². The quantitative estimate of drug-likeness (QED) is 0.165. The van der Waals surface area contributed by atoms with Gasteiger partial charge in [-0.15, -0.1) is 0 Å². The first kappa shape index (κ1) is 23.8. The van der Waals surface area contributed by atoms with Crippen LogP contribution in [0.1, 0.15) is 37.7 Å². The lowest BCUT2D eigenvalue weighted by Crippen LogP contribution is -2.18. The number of hydrogen-bond acceptors (Lipinski definition) is 5. The number of hydroxylamine groups is 1. The molecule has 4 N–H and O–H groups in total. The lowest BCUT2D eigenvalue weighted by molar-refractivity contribution is -0.129. The minimum atomic E-state index is -0.416. The third kappa shape index (κ3) is 11.5. The van der Waals surface area contributed by atoms with Crippen LogP contribution >= 0.6 is 15.9 Å². The summed E-state index contributed by atoms with van der Waals surface area (Å²) in [6.45, 7) is 0.406. The van der Waals surface area contributed by atoms with E-state index in [1.54, 1.807) is 5.48 Å². The molecule has 0 aliphatic heterocycles. The maximum Gasteiger partial charge on any atom is 0.243 e. The first-order valence-electron chi connectivity index (χ1n) is 9.10. The van der Waals surface area contributed by atoms with Gasteiger partial charge in [0.05, 0.1) is 6.61 Å². The van der Waals surface area contributed by atoms with E-state index in [-0.39, 0.29) is 5.91 Å². The van der Waals surface area contributed by atoms with Gasteiger partial charge in [-0.25, -0.2) is 5.48 Å². The molecule has 0 aliphatic carbocycles. The Balaban J connectivity index is 0.000000467. The zero-order valence-electron chi connectivity index (χ0n) is 15.7. The third-order valence-electron chi connectivity index (χ3n) is 3.85. The van der Waals surface area contributed by atoms with Gasteiger partial charge >= 0.3 is 0 Å². The molecule has 2 aromatic carbocycles. The van der Waals surface area contributed by atoms with Crippen LogP contribution in [0.2, 0.25) is 0 Å². The number of anilines is 1. The number of carbonyl (C=O) groups excluding carboxylic acids is 2. The van der Waals surface area contributed by atoms with Crippen molar-refractivity contribution < 1.29 is 19.5 Å². The molecule has 28 heavy (non-hydrogen) atoms. The normalized spacial score (nSPS) is 11.1. The van der Waals surface area contributed by atoms with Crippen molar-refractivity contribution in [3.8, 4) is 0 Å². The van der Waals surface area contributed by atoms with Crippen LogP contribution in [-0.4, -0.2) is 23.5 Å². The zero-order valence-corrected chi connectivity index (χ0v) is 17.3. The molecular weight excluding hydrogens is 424 g/mol. The van der Waals surface area contributed by atoms with Crippen LogP contribution < -0.4 is 11.2 Å². The Morgan fingerprint density at radius 3 is 2.32 bits per heavy atom. The Labute approximate surface area is 174 Å². The summed E-state index contributed by atoms with van der Waals surface area (Å²) < 4.78 is 6.57. The number of amides is 1. The lowest BCUT2D eigenvalue weighted by atomic mass is 10.1. The van der Waals surface area contributed by atoms with Gasteiger partial charge in [-0.2, -0.15) is 0 Å². The average Bonchev–Trinajstić information content (AvgIpc) is 2.72. The number of nitrogens with two attached hydrogens (primary N) is 1. The van der Waals surface area contributed by atoms with Gasteiger partial charge in [0.2, 0.25) is 5.91 Å². The molecule has 1 amide bonds. The van der Waals surface area contributed by atoms with E-state index in [1.165, 1.54) is 0 Å². The fourth-order valence-corrected chi connectivity index (χ4v) is 2.56. The van der Waals surface area contributed by atoms with Gasteiger partial charge in [0.25, 0.3) is 0 Å². The molecule has 0 bridgehead atoms. The van der Waals surface area contributed by atoms with Crippen molar-refractivity contribution in [2.75, 3.05) is 5.73 Å². The maximum absolute atomic E-state index is 11.0.